The number of hydrogen-bond acceptors (Lipinski definition) is 5. The maximum absolute atomic E-state index is 12.7. The highest BCUT2D eigenvalue weighted by Crippen LogP contribution is 2.23. The summed E-state index contributed by atoms with van der Waals surface area (Å²) in [6.45, 7) is 1.70. The van der Waals surface area contributed by atoms with E-state index in [-0.39, 0.29) is 17.9 Å². The molecule has 7 heteroatoms. The molecule has 3 rings (SSSR count). The molecule has 0 saturated carbocycles. The molecule has 0 bridgehead atoms. The van der Waals surface area contributed by atoms with Gasteiger partial charge in [-0.3, -0.25) is 14.2 Å². The fourth-order valence-corrected chi connectivity index (χ4v) is 2.81. The monoisotopic (exact) mass is 288 g/mol. The Hall–Kier alpha value is -2.41. The van der Waals surface area contributed by atoms with Gasteiger partial charge in [-0.25, -0.2) is 4.98 Å². The van der Waals surface area contributed by atoms with Crippen LogP contribution in [0.3, 0.4) is 0 Å². The predicted octanol–water partition coefficient (Wildman–Crippen LogP) is 0.0566. The number of rotatable bonds is 1. The molecule has 0 radical (unpaired) electrons. The number of carbonyl (C=O) groups excluding carboxylic acids is 1. The Morgan fingerprint density at radius 3 is 2.90 bits per heavy atom. The first kappa shape index (κ1) is 13.6. The quantitative estimate of drug-likeness (QED) is 0.642. The molecule has 1 saturated heterocycles. The molecule has 0 aliphatic carbocycles. The lowest BCUT2D eigenvalue weighted by molar-refractivity contribution is -0.128. The molecule has 110 valence electrons. The van der Waals surface area contributed by atoms with E-state index in [4.69, 9.17) is 5.73 Å². The summed E-state index contributed by atoms with van der Waals surface area (Å²) < 4.78 is 1.42. The largest absolute Gasteiger partial charge is 0.398 e. The number of fused-ring (bicyclic) bond motifs is 1. The lowest BCUT2D eigenvalue weighted by Crippen LogP contribution is -2.48. The fourth-order valence-electron chi connectivity index (χ4n) is 2.81. The van der Waals surface area contributed by atoms with E-state index in [9.17, 15) is 14.7 Å². The van der Waals surface area contributed by atoms with Gasteiger partial charge in [-0.15, -0.1) is 0 Å². The van der Waals surface area contributed by atoms with Gasteiger partial charge in [0, 0.05) is 12.1 Å². The molecule has 2 unspecified atom stereocenters. The summed E-state index contributed by atoms with van der Waals surface area (Å²) in [7, 11) is 0. The molecular formula is C14H16N4O3. The van der Waals surface area contributed by atoms with Crippen LogP contribution in [0.2, 0.25) is 0 Å². The van der Waals surface area contributed by atoms with Gasteiger partial charge < -0.3 is 16.2 Å². The summed E-state index contributed by atoms with van der Waals surface area (Å²) in [5, 5.41) is 12.8. The van der Waals surface area contributed by atoms with Crippen molar-refractivity contribution in [2.24, 2.45) is 0 Å². The number of carbonyl (C=O) groups is 1. The van der Waals surface area contributed by atoms with Crippen molar-refractivity contribution in [2.45, 2.75) is 32.0 Å². The molecule has 1 aromatic carbocycles. The van der Waals surface area contributed by atoms with Crippen molar-refractivity contribution in [3.05, 3.63) is 34.4 Å². The molecule has 1 amide bonds. The van der Waals surface area contributed by atoms with Crippen LogP contribution in [0.15, 0.2) is 23.0 Å². The third kappa shape index (κ3) is 2.15. The van der Waals surface area contributed by atoms with Gasteiger partial charge in [-0.2, -0.15) is 0 Å². The van der Waals surface area contributed by atoms with Crippen LogP contribution in [0.1, 0.15) is 24.7 Å². The van der Waals surface area contributed by atoms with E-state index in [0.717, 1.165) is 0 Å². The normalized spacial score (nSPS) is 22.3. The highest BCUT2D eigenvalue weighted by atomic mass is 16.3. The van der Waals surface area contributed by atoms with E-state index in [1.807, 2.05) is 0 Å². The number of aliphatic hydroxyl groups is 1. The van der Waals surface area contributed by atoms with Gasteiger partial charge in [0.2, 0.25) is 5.91 Å². The number of benzene rings is 1. The van der Waals surface area contributed by atoms with Crippen LogP contribution in [0.5, 0.6) is 0 Å². The zero-order valence-electron chi connectivity index (χ0n) is 11.5. The van der Waals surface area contributed by atoms with Crippen LogP contribution in [-0.2, 0) is 4.79 Å². The number of nitrogens with zero attached hydrogens (tertiary/aromatic N) is 2. The van der Waals surface area contributed by atoms with E-state index >= 15 is 0 Å². The summed E-state index contributed by atoms with van der Waals surface area (Å²) in [6.07, 6.45) is -0.462. The lowest BCUT2D eigenvalue weighted by atomic mass is 10.0. The van der Waals surface area contributed by atoms with Crippen molar-refractivity contribution in [3.63, 3.8) is 0 Å². The SMILES string of the molecule is Cc1nc2cccc(N)c2c(=O)n1C1CCC(=O)NC1O. The van der Waals surface area contributed by atoms with Crippen LogP contribution in [-0.4, -0.2) is 26.8 Å². The Morgan fingerprint density at radius 1 is 1.43 bits per heavy atom. The Bertz CT molecular complexity index is 784. The Balaban J connectivity index is 2.21. The number of piperidine rings is 1. The van der Waals surface area contributed by atoms with Crippen molar-refractivity contribution in [1.82, 2.24) is 14.9 Å². The van der Waals surface area contributed by atoms with Gasteiger partial charge in [0.25, 0.3) is 5.56 Å². The number of nitrogens with two attached hydrogens (primary N) is 1. The smallest absolute Gasteiger partial charge is 0.263 e. The number of hydrogen-bond donors (Lipinski definition) is 3. The molecule has 4 N–H and O–H groups in total. The number of nitrogens with one attached hydrogen (secondary N) is 1. The second-order valence-electron chi connectivity index (χ2n) is 5.19. The first-order valence-electron chi connectivity index (χ1n) is 6.74. The van der Waals surface area contributed by atoms with Crippen molar-refractivity contribution in [3.8, 4) is 0 Å². The van der Waals surface area contributed by atoms with Gasteiger partial charge in [-0.05, 0) is 25.5 Å². The molecule has 7 nitrogen and oxygen atoms in total. The number of aromatic nitrogens is 2. The first-order valence-corrected chi connectivity index (χ1v) is 6.74. The van der Waals surface area contributed by atoms with Crippen molar-refractivity contribution in [2.75, 3.05) is 5.73 Å². The van der Waals surface area contributed by atoms with Gasteiger partial charge in [-0.1, -0.05) is 6.07 Å². The maximum Gasteiger partial charge on any atom is 0.263 e. The third-order valence-corrected chi connectivity index (χ3v) is 3.81. The number of aryl methyl sites for hydroxylation is 1. The minimum Gasteiger partial charge on any atom is -0.398 e. The fraction of sp³-hybridized carbons (Fsp3) is 0.357. The average Bonchev–Trinajstić information content (AvgIpc) is 2.40. The molecule has 1 fully saturated rings. The van der Waals surface area contributed by atoms with Crippen molar-refractivity contribution in [1.29, 1.82) is 0 Å². The van der Waals surface area contributed by atoms with E-state index in [2.05, 4.69) is 10.3 Å². The van der Waals surface area contributed by atoms with Crippen LogP contribution < -0.4 is 16.6 Å². The molecule has 1 aliphatic rings. The minimum atomic E-state index is -1.10. The predicted molar refractivity (Wildman–Crippen MR) is 77.6 cm³/mol. The number of aliphatic hydroxyl groups excluding tert-OH is 1. The van der Waals surface area contributed by atoms with Gasteiger partial charge in [0.05, 0.1) is 16.9 Å². The van der Waals surface area contributed by atoms with Gasteiger partial charge >= 0.3 is 0 Å². The summed E-state index contributed by atoms with van der Waals surface area (Å²) in [5.74, 6) is 0.260. The molecule has 21 heavy (non-hydrogen) atoms. The summed E-state index contributed by atoms with van der Waals surface area (Å²) in [6, 6.07) is 4.57. The number of nitrogen functional groups attached to an aromatic ring is 1. The van der Waals surface area contributed by atoms with Gasteiger partial charge in [0.1, 0.15) is 12.1 Å². The molecular weight excluding hydrogens is 272 g/mol. The standard InChI is InChI=1S/C14H16N4O3/c1-7-16-9-4-2-3-8(15)12(9)14(21)18(7)10-5-6-11(19)17-13(10)20/h2-4,10,13,20H,5-6,15H2,1H3,(H,17,19). The summed E-state index contributed by atoms with van der Waals surface area (Å²) in [5.41, 5.74) is 6.47. The van der Waals surface area contributed by atoms with E-state index in [1.165, 1.54) is 4.57 Å². The Kier molecular flexibility index (Phi) is 3.13. The zero-order valence-corrected chi connectivity index (χ0v) is 11.5. The number of anilines is 1. The highest BCUT2D eigenvalue weighted by Gasteiger charge is 2.30. The second kappa shape index (κ2) is 4.85. The molecule has 2 heterocycles. The average molecular weight is 288 g/mol. The van der Waals surface area contributed by atoms with Crippen molar-refractivity contribution < 1.29 is 9.90 Å². The van der Waals surface area contributed by atoms with E-state index < -0.39 is 12.3 Å². The summed E-state index contributed by atoms with van der Waals surface area (Å²) in [4.78, 5) is 28.4. The second-order valence-corrected chi connectivity index (χ2v) is 5.19. The summed E-state index contributed by atoms with van der Waals surface area (Å²) >= 11 is 0. The van der Waals surface area contributed by atoms with Crippen LogP contribution >= 0.6 is 0 Å². The van der Waals surface area contributed by atoms with Crippen LogP contribution in [0.4, 0.5) is 5.69 Å². The highest BCUT2D eigenvalue weighted by molar-refractivity contribution is 5.89. The Labute approximate surface area is 120 Å². The topological polar surface area (TPSA) is 110 Å². The number of amides is 1. The third-order valence-electron chi connectivity index (χ3n) is 3.81. The molecule has 2 atom stereocenters. The maximum atomic E-state index is 12.7. The Morgan fingerprint density at radius 2 is 2.19 bits per heavy atom. The molecule has 1 aliphatic heterocycles. The zero-order chi connectivity index (χ0) is 15.1. The molecule has 1 aromatic heterocycles. The van der Waals surface area contributed by atoms with E-state index in [0.29, 0.717) is 28.8 Å². The van der Waals surface area contributed by atoms with Crippen LogP contribution in [0.25, 0.3) is 10.9 Å². The lowest BCUT2D eigenvalue weighted by Gasteiger charge is -2.30. The first-order chi connectivity index (χ1) is 9.99. The minimum absolute atomic E-state index is 0.224. The van der Waals surface area contributed by atoms with Gasteiger partial charge in [0.15, 0.2) is 0 Å². The molecule has 0 spiro atoms. The van der Waals surface area contributed by atoms with Crippen LogP contribution in [0, 0.1) is 6.92 Å². The van der Waals surface area contributed by atoms with Crippen molar-refractivity contribution >= 4 is 22.5 Å². The molecule has 2 aromatic rings. The van der Waals surface area contributed by atoms with E-state index in [1.54, 1.807) is 25.1 Å².